The number of rotatable bonds is 25. The molecular formula is C35H58N2O. The minimum absolute atomic E-state index is 0.757. The molecule has 0 unspecified atom stereocenters. The van der Waals surface area contributed by atoms with Crippen LogP contribution in [0.3, 0.4) is 0 Å². The van der Waals surface area contributed by atoms with Crippen LogP contribution in [0.25, 0.3) is 11.4 Å². The van der Waals surface area contributed by atoms with E-state index in [9.17, 15) is 0 Å². The lowest BCUT2D eigenvalue weighted by Gasteiger charge is -2.07. The van der Waals surface area contributed by atoms with Gasteiger partial charge in [0.15, 0.2) is 11.6 Å². The Morgan fingerprint density at radius 3 is 1.39 bits per heavy atom. The third-order valence-electron chi connectivity index (χ3n) is 7.68. The largest absolute Gasteiger partial charge is 0.490 e. The van der Waals surface area contributed by atoms with Gasteiger partial charge in [0.25, 0.3) is 0 Å². The predicted octanol–water partition coefficient (Wildman–Crippen LogP) is 11.3. The highest BCUT2D eigenvalue weighted by molar-refractivity contribution is 5.55. The Bertz CT molecular complexity index is 704. The lowest BCUT2D eigenvalue weighted by Crippen LogP contribution is -1.99. The topological polar surface area (TPSA) is 35.0 Å². The molecule has 0 saturated carbocycles. The van der Waals surface area contributed by atoms with Gasteiger partial charge < -0.3 is 4.74 Å². The van der Waals surface area contributed by atoms with E-state index in [2.05, 4.69) is 48.1 Å². The summed E-state index contributed by atoms with van der Waals surface area (Å²) in [4.78, 5) is 9.09. The molecule has 1 aromatic carbocycles. The van der Waals surface area contributed by atoms with E-state index >= 15 is 0 Å². The van der Waals surface area contributed by atoms with Crippen molar-refractivity contribution < 1.29 is 4.74 Å². The van der Waals surface area contributed by atoms with E-state index in [1.165, 1.54) is 140 Å². The highest BCUT2D eigenvalue weighted by atomic mass is 16.5. The lowest BCUT2D eigenvalue weighted by molar-refractivity contribution is 0.302. The highest BCUT2D eigenvalue weighted by Crippen LogP contribution is 2.19. The molecule has 3 heteroatoms. The van der Waals surface area contributed by atoms with Crippen LogP contribution in [-0.2, 0) is 6.42 Å². The van der Waals surface area contributed by atoms with E-state index in [-0.39, 0.29) is 0 Å². The van der Waals surface area contributed by atoms with E-state index in [1.807, 2.05) is 12.4 Å². The first kappa shape index (κ1) is 32.3. The minimum Gasteiger partial charge on any atom is -0.490 e. The SMILES string of the molecule is CCCCCCCCCCCCCc1ccc(-c2ncc(OCCCCCCCCCCCC)cn2)cc1. The summed E-state index contributed by atoms with van der Waals surface area (Å²) in [6, 6.07) is 8.80. The lowest BCUT2D eigenvalue weighted by atomic mass is 10.0. The Morgan fingerprint density at radius 2 is 0.921 bits per heavy atom. The number of ether oxygens (including phenoxy) is 1. The van der Waals surface area contributed by atoms with Crippen molar-refractivity contribution in [1.82, 2.24) is 9.97 Å². The van der Waals surface area contributed by atoms with Crippen molar-refractivity contribution in [2.24, 2.45) is 0 Å². The molecule has 1 aromatic heterocycles. The van der Waals surface area contributed by atoms with Crippen LogP contribution in [0.2, 0.25) is 0 Å². The molecule has 1 heterocycles. The first-order valence-corrected chi connectivity index (χ1v) is 16.4. The zero-order chi connectivity index (χ0) is 26.9. The van der Waals surface area contributed by atoms with Gasteiger partial charge in [-0.15, -0.1) is 0 Å². The molecule has 0 spiro atoms. The quantitative estimate of drug-likeness (QED) is 0.122. The van der Waals surface area contributed by atoms with Gasteiger partial charge in [-0.05, 0) is 24.8 Å². The maximum absolute atomic E-state index is 5.87. The van der Waals surface area contributed by atoms with Gasteiger partial charge in [0.1, 0.15) is 0 Å². The normalized spacial score (nSPS) is 11.2. The van der Waals surface area contributed by atoms with E-state index in [0.717, 1.165) is 30.2 Å². The first-order chi connectivity index (χ1) is 18.8. The zero-order valence-corrected chi connectivity index (χ0v) is 25.0. The number of hydrogen-bond acceptors (Lipinski definition) is 3. The Labute approximate surface area is 235 Å². The molecule has 0 saturated heterocycles. The van der Waals surface area contributed by atoms with Crippen molar-refractivity contribution in [1.29, 1.82) is 0 Å². The summed E-state index contributed by atoms with van der Waals surface area (Å²) in [5.74, 6) is 1.55. The van der Waals surface area contributed by atoms with Crippen molar-refractivity contribution in [2.45, 2.75) is 155 Å². The van der Waals surface area contributed by atoms with Crippen LogP contribution in [0.1, 0.15) is 154 Å². The van der Waals surface area contributed by atoms with E-state index < -0.39 is 0 Å². The molecule has 2 aromatic rings. The van der Waals surface area contributed by atoms with Crippen LogP contribution < -0.4 is 4.74 Å². The van der Waals surface area contributed by atoms with Crippen LogP contribution in [0.5, 0.6) is 5.75 Å². The van der Waals surface area contributed by atoms with Gasteiger partial charge >= 0.3 is 0 Å². The zero-order valence-electron chi connectivity index (χ0n) is 25.0. The standard InChI is InChI=1S/C35H58N2O/c1-3-5-7-9-11-13-15-16-18-20-22-24-32-25-27-33(28-26-32)35-36-30-34(31-37-35)38-29-23-21-19-17-14-12-10-8-6-4-2/h25-28,30-31H,3-24,29H2,1-2H3. The molecule has 0 atom stereocenters. The summed E-state index contributed by atoms with van der Waals surface area (Å²) >= 11 is 0. The van der Waals surface area contributed by atoms with Crippen molar-refractivity contribution in [2.75, 3.05) is 6.61 Å². The summed E-state index contributed by atoms with van der Waals surface area (Å²) in [5.41, 5.74) is 2.50. The molecular weight excluding hydrogens is 464 g/mol. The van der Waals surface area contributed by atoms with Gasteiger partial charge in [0.2, 0.25) is 0 Å². The summed E-state index contributed by atoms with van der Waals surface area (Å²) in [6.45, 7) is 5.32. The molecule has 0 aliphatic rings. The first-order valence-electron chi connectivity index (χ1n) is 16.4. The molecule has 38 heavy (non-hydrogen) atoms. The molecule has 0 aliphatic carbocycles. The maximum Gasteiger partial charge on any atom is 0.159 e. The van der Waals surface area contributed by atoms with Gasteiger partial charge in [-0.2, -0.15) is 0 Å². The fourth-order valence-corrected chi connectivity index (χ4v) is 5.13. The average Bonchev–Trinajstić information content (AvgIpc) is 2.95. The molecule has 0 radical (unpaired) electrons. The summed E-state index contributed by atoms with van der Waals surface area (Å²) in [5, 5.41) is 0. The minimum atomic E-state index is 0.757. The number of unbranched alkanes of at least 4 members (excludes halogenated alkanes) is 19. The van der Waals surface area contributed by atoms with E-state index in [1.54, 1.807) is 0 Å². The van der Waals surface area contributed by atoms with Crippen LogP contribution >= 0.6 is 0 Å². The molecule has 0 amide bonds. The summed E-state index contributed by atoms with van der Waals surface area (Å²) in [6.07, 6.45) is 33.5. The fraction of sp³-hybridized carbons (Fsp3) is 0.714. The van der Waals surface area contributed by atoms with Crippen LogP contribution in [0, 0.1) is 0 Å². The average molecular weight is 523 g/mol. The van der Waals surface area contributed by atoms with Gasteiger partial charge in [-0.3, -0.25) is 0 Å². The van der Waals surface area contributed by atoms with Crippen LogP contribution in [0.4, 0.5) is 0 Å². The third kappa shape index (κ3) is 16.1. The number of aromatic nitrogens is 2. The van der Waals surface area contributed by atoms with Gasteiger partial charge in [0.05, 0.1) is 19.0 Å². The molecule has 3 nitrogen and oxygen atoms in total. The monoisotopic (exact) mass is 522 g/mol. The Hall–Kier alpha value is -1.90. The second-order valence-electron chi connectivity index (χ2n) is 11.3. The second-order valence-corrected chi connectivity index (χ2v) is 11.3. The van der Waals surface area contributed by atoms with Crippen molar-refractivity contribution >= 4 is 0 Å². The predicted molar refractivity (Wildman–Crippen MR) is 165 cm³/mol. The highest BCUT2D eigenvalue weighted by Gasteiger charge is 2.03. The third-order valence-corrected chi connectivity index (χ3v) is 7.68. The van der Waals surface area contributed by atoms with Gasteiger partial charge in [0, 0.05) is 5.56 Å². The Morgan fingerprint density at radius 1 is 0.500 bits per heavy atom. The number of hydrogen-bond donors (Lipinski definition) is 0. The Kier molecular flexibility index (Phi) is 19.6. The van der Waals surface area contributed by atoms with Gasteiger partial charge in [-0.1, -0.05) is 160 Å². The number of benzene rings is 1. The summed E-state index contributed by atoms with van der Waals surface area (Å²) < 4.78 is 5.87. The van der Waals surface area contributed by atoms with Crippen molar-refractivity contribution in [3.63, 3.8) is 0 Å². The second kappa shape index (κ2) is 23.0. The molecule has 0 fully saturated rings. The molecule has 0 bridgehead atoms. The fourth-order valence-electron chi connectivity index (χ4n) is 5.13. The number of nitrogens with zero attached hydrogens (tertiary/aromatic N) is 2. The number of aryl methyl sites for hydroxylation is 1. The Balaban J connectivity index is 1.50. The van der Waals surface area contributed by atoms with Crippen molar-refractivity contribution in [3.8, 4) is 17.1 Å². The van der Waals surface area contributed by atoms with E-state index in [4.69, 9.17) is 4.74 Å². The van der Waals surface area contributed by atoms with Crippen LogP contribution in [-0.4, -0.2) is 16.6 Å². The molecule has 2 rings (SSSR count). The summed E-state index contributed by atoms with van der Waals surface area (Å²) in [7, 11) is 0. The molecule has 0 N–H and O–H groups in total. The maximum atomic E-state index is 5.87. The van der Waals surface area contributed by atoms with Crippen LogP contribution in [0.15, 0.2) is 36.7 Å². The van der Waals surface area contributed by atoms with E-state index in [0.29, 0.717) is 0 Å². The molecule has 0 aliphatic heterocycles. The van der Waals surface area contributed by atoms with Crippen molar-refractivity contribution in [3.05, 3.63) is 42.2 Å². The smallest absolute Gasteiger partial charge is 0.159 e. The van der Waals surface area contributed by atoms with Gasteiger partial charge in [-0.25, -0.2) is 9.97 Å². The molecule has 214 valence electrons.